The quantitative estimate of drug-likeness (QED) is 0.645. The molecule has 0 unspecified atom stereocenters. The number of anilines is 1. The number of hydrogen-bond acceptors (Lipinski definition) is 5. The second-order valence-electron chi connectivity index (χ2n) is 7.00. The van der Waals surface area contributed by atoms with Crippen molar-refractivity contribution >= 4 is 33.2 Å². The number of sulfonamides is 1. The number of halogens is 1. The van der Waals surface area contributed by atoms with Gasteiger partial charge in [0.2, 0.25) is 15.9 Å². The molecule has 0 bridgehead atoms. The molecular weight excluding hydrogens is 388 g/mol. The fourth-order valence-electron chi connectivity index (χ4n) is 3.16. The molecule has 1 heterocycles. The van der Waals surface area contributed by atoms with Gasteiger partial charge >= 0.3 is 0 Å². The van der Waals surface area contributed by atoms with Crippen LogP contribution in [0.15, 0.2) is 24.3 Å². The second-order valence-corrected chi connectivity index (χ2v) is 9.30. The van der Waals surface area contributed by atoms with Crippen LogP contribution >= 0.6 is 11.6 Å². The Balaban J connectivity index is 1.89. The van der Waals surface area contributed by atoms with E-state index in [1.807, 2.05) is 0 Å². The maximum atomic E-state index is 12.5. The Bertz CT molecular complexity index is 736. The molecule has 2 rings (SSSR count). The molecule has 152 valence electrons. The number of nitrogens with one attached hydrogen (secondary N) is 1. The maximum absolute atomic E-state index is 12.5. The third-order valence-electron chi connectivity index (χ3n) is 4.70. The van der Waals surface area contributed by atoms with Crippen LogP contribution in [0.2, 0.25) is 5.02 Å². The SMILES string of the molecule is C[C@H](C(=O)NCCCN1CCN(C)CC1)N(c1cccc(Cl)c1)S(C)(=O)=O. The first-order valence-corrected chi connectivity index (χ1v) is 11.3. The molecule has 27 heavy (non-hydrogen) atoms. The van der Waals surface area contributed by atoms with Crippen molar-refractivity contribution in [3.8, 4) is 0 Å². The van der Waals surface area contributed by atoms with Gasteiger partial charge in [0.15, 0.2) is 0 Å². The standard InChI is InChI=1S/C18H29ClN4O3S/c1-15(23(27(3,25)26)17-7-4-6-16(19)14-17)18(24)20-8-5-9-22-12-10-21(2)11-13-22/h4,6-7,14-15H,5,8-13H2,1-3H3,(H,20,24)/t15-/m1/s1. The van der Waals surface area contributed by atoms with Gasteiger partial charge in [-0.15, -0.1) is 0 Å². The average Bonchev–Trinajstić information content (AvgIpc) is 2.59. The van der Waals surface area contributed by atoms with E-state index >= 15 is 0 Å². The Morgan fingerprint density at radius 2 is 1.96 bits per heavy atom. The number of amides is 1. The molecule has 1 aromatic rings. The smallest absolute Gasteiger partial charge is 0.243 e. The predicted octanol–water partition coefficient (Wildman–Crippen LogP) is 1.25. The normalized spacial score (nSPS) is 17.5. The molecule has 1 atom stereocenters. The number of carbonyl (C=O) groups is 1. The lowest BCUT2D eigenvalue weighted by Gasteiger charge is -2.32. The van der Waals surface area contributed by atoms with E-state index in [9.17, 15) is 13.2 Å². The number of nitrogens with zero attached hydrogens (tertiary/aromatic N) is 3. The van der Waals surface area contributed by atoms with Gasteiger partial charge in [0.05, 0.1) is 11.9 Å². The van der Waals surface area contributed by atoms with Gasteiger partial charge in [-0.2, -0.15) is 0 Å². The molecule has 7 nitrogen and oxygen atoms in total. The Morgan fingerprint density at radius 1 is 1.30 bits per heavy atom. The first-order chi connectivity index (χ1) is 12.7. The molecule has 0 aliphatic carbocycles. The average molecular weight is 417 g/mol. The highest BCUT2D eigenvalue weighted by atomic mass is 35.5. The van der Waals surface area contributed by atoms with Crippen molar-refractivity contribution in [2.24, 2.45) is 0 Å². The van der Waals surface area contributed by atoms with Crippen LogP contribution < -0.4 is 9.62 Å². The van der Waals surface area contributed by atoms with Gasteiger partial charge in [0.1, 0.15) is 6.04 Å². The Hall–Kier alpha value is -1.35. The fourth-order valence-corrected chi connectivity index (χ4v) is 4.51. The van der Waals surface area contributed by atoms with Gasteiger partial charge in [-0.05, 0) is 45.1 Å². The summed E-state index contributed by atoms with van der Waals surface area (Å²) in [5, 5.41) is 3.27. The molecule has 1 fully saturated rings. The van der Waals surface area contributed by atoms with E-state index in [0.717, 1.165) is 49.7 Å². The topological polar surface area (TPSA) is 73.0 Å². The molecule has 1 N–H and O–H groups in total. The summed E-state index contributed by atoms with van der Waals surface area (Å²) in [6, 6.07) is 5.64. The number of benzene rings is 1. The van der Waals surface area contributed by atoms with E-state index in [4.69, 9.17) is 11.6 Å². The molecule has 1 aliphatic heterocycles. The summed E-state index contributed by atoms with van der Waals surface area (Å²) in [6.07, 6.45) is 1.92. The minimum Gasteiger partial charge on any atom is -0.354 e. The third-order valence-corrected chi connectivity index (χ3v) is 6.17. The van der Waals surface area contributed by atoms with Crippen LogP contribution in [0.25, 0.3) is 0 Å². The summed E-state index contributed by atoms with van der Waals surface area (Å²) in [4.78, 5) is 17.2. The minimum atomic E-state index is -3.63. The highest BCUT2D eigenvalue weighted by Crippen LogP contribution is 2.24. The van der Waals surface area contributed by atoms with Crippen LogP contribution in [0.4, 0.5) is 5.69 Å². The summed E-state index contributed by atoms with van der Waals surface area (Å²) in [7, 11) is -1.51. The van der Waals surface area contributed by atoms with Crippen LogP contribution in [0, 0.1) is 0 Å². The van der Waals surface area contributed by atoms with Gasteiger partial charge in [-0.3, -0.25) is 9.10 Å². The van der Waals surface area contributed by atoms with Crippen molar-refractivity contribution < 1.29 is 13.2 Å². The van der Waals surface area contributed by atoms with E-state index in [-0.39, 0.29) is 5.91 Å². The van der Waals surface area contributed by atoms with E-state index in [1.54, 1.807) is 31.2 Å². The third kappa shape index (κ3) is 6.64. The second kappa shape index (κ2) is 9.73. The summed E-state index contributed by atoms with van der Waals surface area (Å²) in [5.74, 6) is -0.321. The predicted molar refractivity (Wildman–Crippen MR) is 110 cm³/mol. The lowest BCUT2D eigenvalue weighted by molar-refractivity contribution is -0.121. The van der Waals surface area contributed by atoms with Crippen LogP contribution in [0.1, 0.15) is 13.3 Å². The number of rotatable bonds is 8. The van der Waals surface area contributed by atoms with E-state index < -0.39 is 16.1 Å². The van der Waals surface area contributed by atoms with Crippen LogP contribution in [-0.2, 0) is 14.8 Å². The molecule has 1 amide bonds. The number of piperazine rings is 1. The minimum absolute atomic E-state index is 0.321. The Labute approximate surface area is 167 Å². The molecule has 1 saturated heterocycles. The molecule has 1 aromatic carbocycles. The highest BCUT2D eigenvalue weighted by molar-refractivity contribution is 7.92. The van der Waals surface area contributed by atoms with Crippen molar-refractivity contribution in [3.05, 3.63) is 29.3 Å². The van der Waals surface area contributed by atoms with Crippen LogP contribution in [0.3, 0.4) is 0 Å². The number of hydrogen-bond donors (Lipinski definition) is 1. The highest BCUT2D eigenvalue weighted by Gasteiger charge is 2.29. The van der Waals surface area contributed by atoms with Gasteiger partial charge in [-0.1, -0.05) is 17.7 Å². The molecule has 0 spiro atoms. The van der Waals surface area contributed by atoms with E-state index in [0.29, 0.717) is 17.3 Å². The zero-order valence-corrected chi connectivity index (χ0v) is 17.8. The lowest BCUT2D eigenvalue weighted by Crippen LogP contribution is -2.48. The zero-order chi connectivity index (χ0) is 20.0. The fraction of sp³-hybridized carbons (Fsp3) is 0.611. The molecule has 0 radical (unpaired) electrons. The molecule has 9 heteroatoms. The van der Waals surface area contributed by atoms with Gasteiger partial charge in [-0.25, -0.2) is 8.42 Å². The zero-order valence-electron chi connectivity index (χ0n) is 16.2. The van der Waals surface area contributed by atoms with Crippen molar-refractivity contribution in [2.45, 2.75) is 19.4 Å². The molecule has 0 saturated carbocycles. The summed E-state index contributed by atoms with van der Waals surface area (Å²) < 4.78 is 25.6. The first kappa shape index (κ1) is 21.9. The Kier molecular flexibility index (Phi) is 7.91. The van der Waals surface area contributed by atoms with Crippen LogP contribution in [-0.4, -0.2) is 82.7 Å². The van der Waals surface area contributed by atoms with Crippen molar-refractivity contribution in [2.75, 3.05) is 56.9 Å². The first-order valence-electron chi connectivity index (χ1n) is 9.12. The Morgan fingerprint density at radius 3 is 2.56 bits per heavy atom. The van der Waals surface area contributed by atoms with Gasteiger partial charge in [0, 0.05) is 37.7 Å². The van der Waals surface area contributed by atoms with Crippen molar-refractivity contribution in [3.63, 3.8) is 0 Å². The van der Waals surface area contributed by atoms with Crippen molar-refractivity contribution in [1.29, 1.82) is 0 Å². The van der Waals surface area contributed by atoms with E-state index in [2.05, 4.69) is 22.2 Å². The monoisotopic (exact) mass is 416 g/mol. The largest absolute Gasteiger partial charge is 0.354 e. The molecular formula is C18H29ClN4O3S. The molecule has 1 aliphatic rings. The van der Waals surface area contributed by atoms with Gasteiger partial charge in [0.25, 0.3) is 0 Å². The number of likely N-dealkylation sites (N-methyl/N-ethyl adjacent to an activating group) is 1. The lowest BCUT2D eigenvalue weighted by atomic mass is 10.2. The summed E-state index contributed by atoms with van der Waals surface area (Å²) >= 11 is 5.98. The summed E-state index contributed by atoms with van der Waals surface area (Å²) in [5.41, 5.74) is 0.380. The maximum Gasteiger partial charge on any atom is 0.243 e. The van der Waals surface area contributed by atoms with Gasteiger partial charge < -0.3 is 15.1 Å². The molecule has 0 aromatic heterocycles. The summed E-state index contributed by atoms with van der Waals surface area (Å²) in [6.45, 7) is 7.22. The van der Waals surface area contributed by atoms with Crippen molar-refractivity contribution in [1.82, 2.24) is 15.1 Å². The van der Waals surface area contributed by atoms with E-state index in [1.165, 1.54) is 0 Å². The van der Waals surface area contributed by atoms with Crippen LogP contribution in [0.5, 0.6) is 0 Å². The number of carbonyl (C=O) groups excluding carboxylic acids is 1.